The maximum absolute atomic E-state index is 13.5. The lowest BCUT2D eigenvalue weighted by molar-refractivity contribution is -0.141. The van der Waals surface area contributed by atoms with Crippen LogP contribution in [0.15, 0.2) is 49.2 Å². The Labute approximate surface area is 232 Å². The Morgan fingerprint density at radius 1 is 1.00 bits per heavy atom. The number of aromatic nitrogens is 8. The zero-order chi connectivity index (χ0) is 28.3. The van der Waals surface area contributed by atoms with Crippen molar-refractivity contribution in [3.8, 4) is 28.7 Å². The van der Waals surface area contributed by atoms with Gasteiger partial charge in [-0.15, -0.1) is 0 Å². The van der Waals surface area contributed by atoms with Crippen LogP contribution in [-0.2, 0) is 12.7 Å². The first kappa shape index (κ1) is 25.6. The summed E-state index contributed by atoms with van der Waals surface area (Å²) in [5.41, 5.74) is 2.88. The van der Waals surface area contributed by atoms with E-state index in [0.717, 1.165) is 35.7 Å². The number of hydrogen-bond acceptors (Lipinski definition) is 8. The number of rotatable bonds is 7. The number of fused-ring (bicyclic) bond motifs is 1. The normalized spacial score (nSPS) is 16.3. The molecule has 1 saturated carbocycles. The molecule has 0 amide bonds. The number of methoxy groups -OCH3 is 1. The number of benzene rings is 1. The minimum Gasteiger partial charge on any atom is -0.480 e. The highest BCUT2D eigenvalue weighted by molar-refractivity contribution is 5.77. The summed E-state index contributed by atoms with van der Waals surface area (Å²) in [6, 6.07) is 7.32. The van der Waals surface area contributed by atoms with Gasteiger partial charge in [0.15, 0.2) is 17.2 Å². The molecule has 0 radical (unpaired) electrons. The van der Waals surface area contributed by atoms with Crippen LogP contribution in [0.25, 0.3) is 33.8 Å². The fourth-order valence-corrected chi connectivity index (χ4v) is 5.31. The number of hydrogen-bond donors (Lipinski definition) is 0. The molecule has 1 saturated heterocycles. The lowest BCUT2D eigenvalue weighted by atomic mass is 10.1. The van der Waals surface area contributed by atoms with Crippen molar-refractivity contribution in [3.63, 3.8) is 0 Å². The summed E-state index contributed by atoms with van der Waals surface area (Å²) in [6.45, 7) is 1.77. The van der Waals surface area contributed by atoms with Gasteiger partial charge in [-0.25, -0.2) is 29.6 Å². The van der Waals surface area contributed by atoms with Gasteiger partial charge in [-0.2, -0.15) is 18.3 Å². The van der Waals surface area contributed by atoms with Gasteiger partial charge in [0, 0.05) is 37.0 Å². The summed E-state index contributed by atoms with van der Waals surface area (Å²) in [5, 5.41) is 5.30. The van der Waals surface area contributed by atoms with Crippen molar-refractivity contribution in [2.24, 2.45) is 0 Å². The fourth-order valence-electron chi connectivity index (χ4n) is 5.31. The fraction of sp³-hybridized carbons (Fsp3) is 0.357. The minimum atomic E-state index is -4.51. The van der Waals surface area contributed by atoms with Gasteiger partial charge in [0.2, 0.25) is 5.88 Å². The molecule has 5 heterocycles. The summed E-state index contributed by atoms with van der Waals surface area (Å²) in [6.07, 6.45) is 3.66. The molecule has 13 heteroatoms. The van der Waals surface area contributed by atoms with Gasteiger partial charge >= 0.3 is 6.18 Å². The second kappa shape index (κ2) is 9.61. The average molecular weight is 562 g/mol. The number of likely N-dealkylation sites (N-methyl/N-ethyl adjacent to an activating group) is 1. The van der Waals surface area contributed by atoms with E-state index in [1.165, 1.54) is 6.33 Å². The van der Waals surface area contributed by atoms with Gasteiger partial charge in [0.25, 0.3) is 0 Å². The van der Waals surface area contributed by atoms with Gasteiger partial charge < -0.3 is 14.2 Å². The number of ether oxygens (including phenoxy) is 1. The molecule has 0 bridgehead atoms. The smallest absolute Gasteiger partial charge is 0.434 e. The molecule has 2 fully saturated rings. The first-order chi connectivity index (χ1) is 19.8. The van der Waals surface area contributed by atoms with Crippen molar-refractivity contribution in [2.75, 3.05) is 27.2 Å². The van der Waals surface area contributed by atoms with Crippen LogP contribution in [0.5, 0.6) is 5.88 Å². The molecule has 1 aliphatic heterocycles. The molecule has 0 atom stereocenters. The predicted octanol–water partition coefficient (Wildman–Crippen LogP) is 4.59. The van der Waals surface area contributed by atoms with Crippen LogP contribution in [0, 0.1) is 0 Å². The molecule has 1 aliphatic carbocycles. The van der Waals surface area contributed by atoms with Crippen molar-refractivity contribution in [3.05, 3.63) is 66.1 Å². The van der Waals surface area contributed by atoms with Crippen molar-refractivity contribution >= 4 is 11.0 Å². The lowest BCUT2D eigenvalue weighted by Gasteiger charge is -2.37. The molecule has 1 aromatic carbocycles. The van der Waals surface area contributed by atoms with Crippen LogP contribution >= 0.6 is 0 Å². The molecule has 5 aromatic rings. The van der Waals surface area contributed by atoms with Crippen LogP contribution in [0.1, 0.15) is 41.8 Å². The molecule has 0 spiro atoms. The van der Waals surface area contributed by atoms with E-state index in [-0.39, 0.29) is 6.04 Å². The Balaban J connectivity index is 1.19. The number of halogens is 3. The minimum absolute atomic E-state index is 0.0448. The van der Waals surface area contributed by atoms with Crippen molar-refractivity contribution in [1.29, 1.82) is 0 Å². The van der Waals surface area contributed by atoms with Crippen LogP contribution in [-0.4, -0.2) is 71.4 Å². The third kappa shape index (κ3) is 4.69. The topological polar surface area (TPSA) is 99.7 Å². The van der Waals surface area contributed by atoms with Crippen LogP contribution in [0.2, 0.25) is 0 Å². The van der Waals surface area contributed by atoms with Crippen molar-refractivity contribution < 1.29 is 17.9 Å². The molecule has 0 N–H and O–H groups in total. The maximum Gasteiger partial charge on any atom is 0.434 e. The summed E-state index contributed by atoms with van der Waals surface area (Å²) < 4.78 is 49.4. The zero-order valence-electron chi connectivity index (χ0n) is 22.4. The van der Waals surface area contributed by atoms with E-state index in [2.05, 4.69) is 29.9 Å². The number of likely N-dealkylation sites (tertiary alicyclic amines) is 1. The molecule has 210 valence electrons. The van der Waals surface area contributed by atoms with Crippen LogP contribution in [0.4, 0.5) is 13.2 Å². The number of alkyl halides is 3. The summed E-state index contributed by atoms with van der Waals surface area (Å²) >= 11 is 0. The van der Waals surface area contributed by atoms with E-state index in [9.17, 15) is 13.2 Å². The summed E-state index contributed by atoms with van der Waals surface area (Å²) in [7, 11) is 3.51. The molecule has 2 aliphatic rings. The Bertz CT molecular complexity index is 1740. The summed E-state index contributed by atoms with van der Waals surface area (Å²) in [4.78, 5) is 24.2. The molecule has 41 heavy (non-hydrogen) atoms. The van der Waals surface area contributed by atoms with E-state index < -0.39 is 11.9 Å². The molecule has 0 unspecified atom stereocenters. The van der Waals surface area contributed by atoms with E-state index >= 15 is 0 Å². The van der Waals surface area contributed by atoms with E-state index in [4.69, 9.17) is 9.72 Å². The largest absolute Gasteiger partial charge is 0.480 e. The molecule has 4 aromatic heterocycles. The standard InChI is InChI=1S/C28H26F3N9O/c1-38-12-20(13-38)39-14-21(28(29,30)31)36-25(39)18-5-3-16(4-6-18)11-40-26-19(10-35-40)9-32-24(37-26)22-23(17-7-8-17)33-15-34-27(22)41-2/h3-6,9-10,14-15,17,20H,7-8,11-13H2,1-2H3. The van der Waals surface area contributed by atoms with Crippen LogP contribution < -0.4 is 4.74 Å². The van der Waals surface area contributed by atoms with Gasteiger partial charge in [0.05, 0.1) is 37.0 Å². The van der Waals surface area contributed by atoms with Gasteiger partial charge in [-0.1, -0.05) is 24.3 Å². The number of nitrogens with zero attached hydrogens (tertiary/aromatic N) is 9. The second-order valence-corrected chi connectivity index (χ2v) is 10.6. The quantitative estimate of drug-likeness (QED) is 0.285. The second-order valence-electron chi connectivity index (χ2n) is 10.6. The molecular weight excluding hydrogens is 535 g/mol. The van der Waals surface area contributed by atoms with Crippen LogP contribution in [0.3, 0.4) is 0 Å². The Morgan fingerprint density at radius 3 is 2.46 bits per heavy atom. The Kier molecular flexibility index (Phi) is 6.00. The zero-order valence-corrected chi connectivity index (χ0v) is 22.4. The average Bonchev–Trinajstić information content (AvgIpc) is 3.58. The van der Waals surface area contributed by atoms with Gasteiger partial charge in [0.1, 0.15) is 17.7 Å². The first-order valence-corrected chi connectivity index (χ1v) is 13.3. The highest BCUT2D eigenvalue weighted by Gasteiger charge is 2.37. The first-order valence-electron chi connectivity index (χ1n) is 13.3. The third-order valence-corrected chi connectivity index (χ3v) is 7.60. The van der Waals surface area contributed by atoms with Crippen molar-refractivity contribution in [2.45, 2.75) is 37.5 Å². The maximum atomic E-state index is 13.5. The molecule has 10 nitrogen and oxygen atoms in total. The highest BCUT2D eigenvalue weighted by atomic mass is 19.4. The van der Waals surface area contributed by atoms with Gasteiger partial charge in [-0.3, -0.25) is 0 Å². The van der Waals surface area contributed by atoms with E-state index in [0.29, 0.717) is 59.9 Å². The highest BCUT2D eigenvalue weighted by Crippen LogP contribution is 2.45. The molecular formula is C28H26F3N9O. The van der Waals surface area contributed by atoms with Gasteiger partial charge in [-0.05, 0) is 25.5 Å². The third-order valence-electron chi connectivity index (χ3n) is 7.60. The Hall–Kier alpha value is -4.39. The SMILES string of the molecule is COc1ncnc(C2CC2)c1-c1ncc2cnn(Cc3ccc(-c4nc(C(F)(F)F)cn4C4CN(C)C4)cc3)c2n1. The van der Waals surface area contributed by atoms with Crippen molar-refractivity contribution in [1.82, 2.24) is 44.2 Å². The summed E-state index contributed by atoms with van der Waals surface area (Å²) in [5.74, 6) is 1.57. The van der Waals surface area contributed by atoms with E-state index in [1.54, 1.807) is 40.9 Å². The lowest BCUT2D eigenvalue weighted by Crippen LogP contribution is -2.44. The van der Waals surface area contributed by atoms with E-state index in [1.807, 2.05) is 19.2 Å². The molecule has 7 rings (SSSR count). The predicted molar refractivity (Wildman–Crippen MR) is 143 cm³/mol. The number of imidazole rings is 1. The Morgan fingerprint density at radius 2 is 1.78 bits per heavy atom. The monoisotopic (exact) mass is 561 g/mol.